The fraction of sp³-hybridized carbons (Fsp3) is 0.421. The lowest BCUT2D eigenvalue weighted by Gasteiger charge is -2.34. The van der Waals surface area contributed by atoms with Crippen LogP contribution >= 0.6 is 0 Å². The van der Waals surface area contributed by atoms with Gasteiger partial charge in [-0.3, -0.25) is 0 Å². The smallest absolute Gasteiger partial charge is 0.409 e. The van der Waals surface area contributed by atoms with Crippen LogP contribution in [-0.2, 0) is 4.74 Å². The van der Waals surface area contributed by atoms with Gasteiger partial charge in [0.1, 0.15) is 5.82 Å². The van der Waals surface area contributed by atoms with Crippen molar-refractivity contribution in [2.24, 2.45) is 0 Å². The zero-order chi connectivity index (χ0) is 18.5. The van der Waals surface area contributed by atoms with Gasteiger partial charge >= 0.3 is 6.09 Å². The topological polar surface area (TPSA) is 70.6 Å². The normalized spacial score (nSPS) is 14.3. The van der Waals surface area contributed by atoms with Gasteiger partial charge in [0.2, 0.25) is 5.95 Å². The molecule has 0 atom stereocenters. The third kappa shape index (κ3) is 4.22. The number of nitrogens with zero attached hydrogens (tertiary/aromatic N) is 4. The molecule has 1 fully saturated rings. The summed E-state index contributed by atoms with van der Waals surface area (Å²) < 4.78 is 5.06. The highest BCUT2D eigenvalue weighted by Crippen LogP contribution is 2.22. The van der Waals surface area contributed by atoms with E-state index in [0.29, 0.717) is 38.7 Å². The van der Waals surface area contributed by atoms with Crippen LogP contribution in [0, 0.1) is 13.8 Å². The Morgan fingerprint density at radius 3 is 2.69 bits per heavy atom. The predicted octanol–water partition coefficient (Wildman–Crippen LogP) is 3.12. The van der Waals surface area contributed by atoms with Gasteiger partial charge in [0.05, 0.1) is 6.61 Å². The molecular weight excluding hydrogens is 330 g/mol. The number of carbonyl (C=O) groups is 1. The van der Waals surface area contributed by atoms with Crippen LogP contribution in [0.25, 0.3) is 0 Å². The van der Waals surface area contributed by atoms with Crippen LogP contribution in [0.5, 0.6) is 0 Å². The quantitative estimate of drug-likeness (QED) is 0.909. The number of hydrogen-bond acceptors (Lipinski definition) is 6. The molecule has 26 heavy (non-hydrogen) atoms. The number of piperazine rings is 1. The van der Waals surface area contributed by atoms with E-state index in [9.17, 15) is 4.79 Å². The number of amides is 1. The first-order valence-corrected chi connectivity index (χ1v) is 8.91. The lowest BCUT2D eigenvalue weighted by Crippen LogP contribution is -2.49. The second-order valence-corrected chi connectivity index (χ2v) is 6.36. The number of hydrogen-bond donors (Lipinski definition) is 1. The molecule has 0 saturated carbocycles. The van der Waals surface area contributed by atoms with Crippen molar-refractivity contribution in [3.05, 3.63) is 41.6 Å². The van der Waals surface area contributed by atoms with E-state index in [0.717, 1.165) is 11.5 Å². The maximum atomic E-state index is 11.8. The van der Waals surface area contributed by atoms with Crippen LogP contribution < -0.4 is 10.2 Å². The summed E-state index contributed by atoms with van der Waals surface area (Å²) >= 11 is 0. The van der Waals surface area contributed by atoms with E-state index in [-0.39, 0.29) is 6.09 Å². The Morgan fingerprint density at radius 1 is 1.19 bits per heavy atom. The predicted molar refractivity (Wildman–Crippen MR) is 102 cm³/mol. The summed E-state index contributed by atoms with van der Waals surface area (Å²) in [6.07, 6.45) is 1.51. The standard InChI is InChI=1S/C19H25N5O2/c1-4-26-19(25)24-11-9-23(10-12-24)18-20-8-7-17(22-18)21-16-13-14(2)5-6-15(16)3/h5-8,13H,4,9-12H2,1-3H3,(H,20,21,22). The van der Waals surface area contributed by atoms with E-state index in [2.05, 4.69) is 52.2 Å². The molecule has 7 nitrogen and oxygen atoms in total. The second-order valence-electron chi connectivity index (χ2n) is 6.36. The van der Waals surface area contributed by atoms with Gasteiger partial charge in [0.15, 0.2) is 0 Å². The molecule has 1 aliphatic rings. The maximum absolute atomic E-state index is 11.8. The number of anilines is 3. The minimum Gasteiger partial charge on any atom is -0.450 e. The zero-order valence-corrected chi connectivity index (χ0v) is 15.5. The van der Waals surface area contributed by atoms with Crippen molar-refractivity contribution in [2.75, 3.05) is 43.0 Å². The molecule has 138 valence electrons. The molecule has 1 aromatic heterocycles. The minimum absolute atomic E-state index is 0.251. The van der Waals surface area contributed by atoms with Crippen molar-refractivity contribution in [3.8, 4) is 0 Å². The monoisotopic (exact) mass is 355 g/mol. The zero-order valence-electron chi connectivity index (χ0n) is 15.5. The van der Waals surface area contributed by atoms with Gasteiger partial charge < -0.3 is 19.9 Å². The molecule has 7 heteroatoms. The van der Waals surface area contributed by atoms with Crippen molar-refractivity contribution in [3.63, 3.8) is 0 Å². The Labute approximate surface area is 154 Å². The molecule has 3 rings (SSSR count). The van der Waals surface area contributed by atoms with Crippen molar-refractivity contribution < 1.29 is 9.53 Å². The molecule has 2 heterocycles. The largest absolute Gasteiger partial charge is 0.450 e. The first-order chi connectivity index (χ1) is 12.6. The van der Waals surface area contributed by atoms with E-state index in [1.165, 1.54) is 11.1 Å². The first kappa shape index (κ1) is 18.0. The van der Waals surface area contributed by atoms with E-state index in [1.54, 1.807) is 11.1 Å². The van der Waals surface area contributed by atoms with Gasteiger partial charge in [0.25, 0.3) is 0 Å². The second kappa shape index (κ2) is 8.03. The number of carbonyl (C=O) groups excluding carboxylic acids is 1. The van der Waals surface area contributed by atoms with Gasteiger partial charge in [-0.2, -0.15) is 4.98 Å². The van der Waals surface area contributed by atoms with Crippen molar-refractivity contribution in [1.82, 2.24) is 14.9 Å². The highest BCUT2D eigenvalue weighted by Gasteiger charge is 2.23. The van der Waals surface area contributed by atoms with Crippen molar-refractivity contribution in [2.45, 2.75) is 20.8 Å². The molecule has 0 aliphatic carbocycles. The van der Waals surface area contributed by atoms with E-state index < -0.39 is 0 Å². The molecule has 0 unspecified atom stereocenters. The number of rotatable bonds is 4. The number of aryl methyl sites for hydroxylation is 2. The Balaban J connectivity index is 1.66. The maximum Gasteiger partial charge on any atom is 0.409 e. The summed E-state index contributed by atoms with van der Waals surface area (Å²) in [5.74, 6) is 1.43. The van der Waals surface area contributed by atoms with Gasteiger partial charge in [-0.05, 0) is 44.0 Å². The Morgan fingerprint density at radius 2 is 1.96 bits per heavy atom. The summed E-state index contributed by atoms with van der Waals surface area (Å²) in [7, 11) is 0. The Hall–Kier alpha value is -2.83. The fourth-order valence-corrected chi connectivity index (χ4v) is 2.88. The average molecular weight is 355 g/mol. The van der Waals surface area contributed by atoms with Gasteiger partial charge in [0, 0.05) is 38.1 Å². The number of nitrogens with one attached hydrogen (secondary N) is 1. The van der Waals surface area contributed by atoms with Gasteiger partial charge in [-0.15, -0.1) is 0 Å². The SMILES string of the molecule is CCOC(=O)N1CCN(c2nccc(Nc3cc(C)ccc3C)n2)CC1. The van der Waals surface area contributed by atoms with Crippen LogP contribution in [0.1, 0.15) is 18.1 Å². The van der Waals surface area contributed by atoms with E-state index >= 15 is 0 Å². The van der Waals surface area contributed by atoms with Crippen LogP contribution in [0.4, 0.5) is 22.2 Å². The molecule has 2 aromatic rings. The van der Waals surface area contributed by atoms with Crippen molar-refractivity contribution >= 4 is 23.5 Å². The summed E-state index contributed by atoms with van der Waals surface area (Å²) in [6, 6.07) is 8.15. The van der Waals surface area contributed by atoms with Crippen LogP contribution in [0.2, 0.25) is 0 Å². The summed E-state index contributed by atoms with van der Waals surface area (Å²) in [4.78, 5) is 24.6. The molecule has 0 radical (unpaired) electrons. The van der Waals surface area contributed by atoms with Crippen molar-refractivity contribution in [1.29, 1.82) is 0 Å². The van der Waals surface area contributed by atoms with Gasteiger partial charge in [-0.25, -0.2) is 9.78 Å². The Bertz CT molecular complexity index is 772. The summed E-state index contributed by atoms with van der Waals surface area (Å²) in [5.41, 5.74) is 3.41. The third-order valence-electron chi connectivity index (χ3n) is 4.39. The third-order valence-corrected chi connectivity index (χ3v) is 4.39. The molecular formula is C19H25N5O2. The number of ether oxygens (including phenoxy) is 1. The Kier molecular flexibility index (Phi) is 5.55. The first-order valence-electron chi connectivity index (χ1n) is 8.91. The molecule has 1 aromatic carbocycles. The molecule has 1 saturated heterocycles. The molecule has 1 N–H and O–H groups in total. The summed E-state index contributed by atoms with van der Waals surface area (Å²) in [5, 5.41) is 3.37. The lowest BCUT2D eigenvalue weighted by atomic mass is 10.1. The molecule has 1 aliphatic heterocycles. The lowest BCUT2D eigenvalue weighted by molar-refractivity contribution is 0.105. The molecule has 0 bridgehead atoms. The van der Waals surface area contributed by atoms with E-state index in [4.69, 9.17) is 4.74 Å². The van der Waals surface area contributed by atoms with Crippen LogP contribution in [0.15, 0.2) is 30.5 Å². The number of benzene rings is 1. The number of aromatic nitrogens is 2. The van der Waals surface area contributed by atoms with E-state index in [1.807, 2.05) is 13.0 Å². The highest BCUT2D eigenvalue weighted by atomic mass is 16.6. The van der Waals surface area contributed by atoms with Crippen LogP contribution in [-0.4, -0.2) is 53.7 Å². The molecule has 1 amide bonds. The fourth-order valence-electron chi connectivity index (χ4n) is 2.88. The highest BCUT2D eigenvalue weighted by molar-refractivity contribution is 5.68. The summed E-state index contributed by atoms with van der Waals surface area (Å²) in [6.45, 7) is 8.94. The van der Waals surface area contributed by atoms with Crippen LogP contribution in [0.3, 0.4) is 0 Å². The minimum atomic E-state index is -0.251. The van der Waals surface area contributed by atoms with Gasteiger partial charge in [-0.1, -0.05) is 12.1 Å². The average Bonchev–Trinajstić information content (AvgIpc) is 2.65. The molecule has 0 spiro atoms.